The van der Waals surface area contributed by atoms with Crippen LogP contribution in [0.5, 0.6) is 0 Å². The van der Waals surface area contributed by atoms with E-state index in [0.29, 0.717) is 15.6 Å². The van der Waals surface area contributed by atoms with Gasteiger partial charge in [0.25, 0.3) is 0 Å². The quantitative estimate of drug-likeness (QED) is 0.650. The molecule has 2 rings (SSSR count). The molecule has 1 atom stereocenters. The highest BCUT2D eigenvalue weighted by Gasteiger charge is 2.13. The van der Waals surface area contributed by atoms with Gasteiger partial charge in [-0.25, -0.2) is 8.78 Å². The van der Waals surface area contributed by atoms with Crippen molar-refractivity contribution in [1.82, 2.24) is 0 Å². The topological polar surface area (TPSA) is 0 Å². The molecule has 94 valence electrons. The van der Waals surface area contributed by atoms with Crippen LogP contribution in [0.25, 0.3) is 0 Å². The average molecular weight is 332 g/mol. The molecule has 0 N–H and O–H groups in total. The fourth-order valence-electron chi connectivity index (χ4n) is 1.69. The summed E-state index contributed by atoms with van der Waals surface area (Å²) in [4.78, 5) is 0. The van der Waals surface area contributed by atoms with E-state index >= 15 is 0 Å². The minimum absolute atomic E-state index is 0.274. The van der Waals surface area contributed by atoms with Gasteiger partial charge in [0.15, 0.2) is 0 Å². The van der Waals surface area contributed by atoms with E-state index in [0.717, 1.165) is 5.56 Å². The molecule has 2 aromatic rings. The molecule has 0 aliphatic carbocycles. The third-order valence-corrected chi connectivity index (χ3v) is 3.86. The van der Waals surface area contributed by atoms with E-state index in [2.05, 4.69) is 15.9 Å². The van der Waals surface area contributed by atoms with Gasteiger partial charge in [-0.1, -0.05) is 18.2 Å². The van der Waals surface area contributed by atoms with Gasteiger partial charge in [0.05, 0.1) is 9.85 Å². The fourth-order valence-corrected chi connectivity index (χ4v) is 2.21. The van der Waals surface area contributed by atoms with Crippen LogP contribution < -0.4 is 0 Å². The highest BCUT2D eigenvalue weighted by Crippen LogP contribution is 2.31. The largest absolute Gasteiger partial charge is 0.207 e. The Morgan fingerprint density at radius 2 is 1.61 bits per heavy atom. The molecule has 0 bridgehead atoms. The first kappa shape index (κ1) is 13.5. The monoisotopic (exact) mass is 330 g/mol. The normalized spacial score (nSPS) is 12.5. The summed E-state index contributed by atoms with van der Waals surface area (Å²) >= 11 is 9.36. The van der Waals surface area contributed by atoms with Crippen molar-refractivity contribution < 1.29 is 8.78 Å². The molecule has 0 nitrogen and oxygen atoms in total. The summed E-state index contributed by atoms with van der Waals surface area (Å²) in [5.41, 5.74) is 1.91. The SMILES string of the molecule is Cc1cc(C(Cl)c2ccc(Br)c(F)c2)ccc1F. The van der Waals surface area contributed by atoms with Crippen LogP contribution in [-0.4, -0.2) is 0 Å². The summed E-state index contributed by atoms with van der Waals surface area (Å²) in [5, 5.41) is -0.494. The number of aryl methyl sites for hydroxylation is 1. The molecular formula is C14H10BrClF2. The van der Waals surface area contributed by atoms with Crippen molar-refractivity contribution in [1.29, 1.82) is 0 Å². The van der Waals surface area contributed by atoms with Crippen molar-refractivity contribution in [2.45, 2.75) is 12.3 Å². The number of halogens is 4. The minimum atomic E-state index is -0.494. The number of alkyl halides is 1. The maximum absolute atomic E-state index is 13.4. The molecule has 0 aliphatic rings. The Morgan fingerprint density at radius 1 is 1.00 bits per heavy atom. The minimum Gasteiger partial charge on any atom is -0.207 e. The summed E-state index contributed by atoms with van der Waals surface area (Å²) in [6.45, 7) is 1.67. The summed E-state index contributed by atoms with van der Waals surface area (Å²) in [6, 6.07) is 9.38. The van der Waals surface area contributed by atoms with Gasteiger partial charge in [-0.2, -0.15) is 0 Å². The van der Waals surface area contributed by atoms with Gasteiger partial charge in [0.2, 0.25) is 0 Å². The zero-order valence-corrected chi connectivity index (χ0v) is 11.9. The van der Waals surface area contributed by atoms with Gasteiger partial charge >= 0.3 is 0 Å². The Balaban J connectivity index is 2.37. The van der Waals surface area contributed by atoms with Crippen LogP contribution in [0.2, 0.25) is 0 Å². The molecule has 0 aromatic heterocycles. The Bertz CT molecular complexity index is 533. The van der Waals surface area contributed by atoms with Crippen LogP contribution >= 0.6 is 27.5 Å². The number of benzene rings is 2. The molecule has 0 saturated carbocycles. The molecule has 0 fully saturated rings. The van der Waals surface area contributed by atoms with Crippen LogP contribution in [-0.2, 0) is 0 Å². The van der Waals surface area contributed by atoms with Gasteiger partial charge < -0.3 is 0 Å². The maximum Gasteiger partial charge on any atom is 0.137 e. The standard InChI is InChI=1S/C14H10BrClF2/c1-8-6-9(3-5-12(8)17)14(16)10-2-4-11(15)13(18)7-10/h2-7,14H,1H3. The molecule has 0 heterocycles. The number of rotatable bonds is 2. The third-order valence-electron chi connectivity index (χ3n) is 2.71. The molecule has 2 aromatic carbocycles. The molecule has 0 saturated heterocycles. The molecule has 0 spiro atoms. The van der Waals surface area contributed by atoms with E-state index < -0.39 is 5.38 Å². The van der Waals surface area contributed by atoms with Crippen molar-refractivity contribution in [3.05, 3.63) is 69.2 Å². The molecule has 4 heteroatoms. The third kappa shape index (κ3) is 2.73. The van der Waals surface area contributed by atoms with Crippen LogP contribution in [0.4, 0.5) is 8.78 Å². The van der Waals surface area contributed by atoms with E-state index in [1.54, 1.807) is 31.2 Å². The van der Waals surface area contributed by atoms with Gasteiger partial charge in [0.1, 0.15) is 11.6 Å². The zero-order chi connectivity index (χ0) is 13.3. The Hall–Kier alpha value is -0.930. The van der Waals surface area contributed by atoms with Gasteiger partial charge in [-0.05, 0) is 57.7 Å². The van der Waals surface area contributed by atoms with Gasteiger partial charge in [-0.3, -0.25) is 0 Å². The number of hydrogen-bond acceptors (Lipinski definition) is 0. The fraction of sp³-hybridized carbons (Fsp3) is 0.143. The first-order valence-corrected chi connectivity index (χ1v) is 6.57. The van der Waals surface area contributed by atoms with Gasteiger partial charge in [-0.15, -0.1) is 11.6 Å². The molecule has 1 unspecified atom stereocenters. The summed E-state index contributed by atoms with van der Waals surface area (Å²) in [5.74, 6) is -0.637. The molecule has 0 aliphatic heterocycles. The van der Waals surface area contributed by atoms with Crippen LogP contribution in [0.1, 0.15) is 22.1 Å². The van der Waals surface area contributed by atoms with Crippen molar-refractivity contribution in [2.75, 3.05) is 0 Å². The lowest BCUT2D eigenvalue weighted by Crippen LogP contribution is -1.96. The number of hydrogen-bond donors (Lipinski definition) is 0. The van der Waals surface area contributed by atoms with Gasteiger partial charge in [0, 0.05) is 0 Å². The highest BCUT2D eigenvalue weighted by molar-refractivity contribution is 9.10. The van der Waals surface area contributed by atoms with Crippen molar-refractivity contribution in [3.8, 4) is 0 Å². The summed E-state index contributed by atoms with van der Waals surface area (Å²) in [7, 11) is 0. The molecule has 18 heavy (non-hydrogen) atoms. The van der Waals surface area contributed by atoms with Crippen LogP contribution in [0.15, 0.2) is 40.9 Å². The van der Waals surface area contributed by atoms with E-state index in [9.17, 15) is 8.78 Å². The lowest BCUT2D eigenvalue weighted by atomic mass is 10.0. The smallest absolute Gasteiger partial charge is 0.137 e. The Kier molecular flexibility index (Phi) is 4.03. The summed E-state index contributed by atoms with van der Waals surface area (Å²) < 4.78 is 27.0. The summed E-state index contributed by atoms with van der Waals surface area (Å²) in [6.07, 6.45) is 0. The highest BCUT2D eigenvalue weighted by atomic mass is 79.9. The molecular weight excluding hydrogens is 322 g/mol. The maximum atomic E-state index is 13.4. The van der Waals surface area contributed by atoms with Crippen LogP contribution in [0.3, 0.4) is 0 Å². The zero-order valence-electron chi connectivity index (χ0n) is 9.55. The van der Waals surface area contributed by atoms with Crippen LogP contribution in [0, 0.1) is 18.6 Å². The first-order chi connectivity index (χ1) is 8.49. The molecule has 0 amide bonds. The lowest BCUT2D eigenvalue weighted by Gasteiger charge is -2.12. The second-order valence-corrected chi connectivity index (χ2v) is 5.34. The van der Waals surface area contributed by atoms with Crippen molar-refractivity contribution in [2.24, 2.45) is 0 Å². The second kappa shape index (κ2) is 5.37. The Morgan fingerprint density at radius 3 is 2.22 bits per heavy atom. The van der Waals surface area contributed by atoms with Crippen molar-refractivity contribution in [3.63, 3.8) is 0 Å². The Labute approximate surface area is 118 Å². The predicted molar refractivity (Wildman–Crippen MR) is 72.9 cm³/mol. The molecule has 0 radical (unpaired) electrons. The van der Waals surface area contributed by atoms with E-state index in [1.165, 1.54) is 12.1 Å². The van der Waals surface area contributed by atoms with Crippen molar-refractivity contribution >= 4 is 27.5 Å². The lowest BCUT2D eigenvalue weighted by molar-refractivity contribution is 0.616. The predicted octanol–water partition coefficient (Wildman–Crippen LogP) is 5.36. The first-order valence-electron chi connectivity index (χ1n) is 5.34. The average Bonchev–Trinajstić information content (AvgIpc) is 2.35. The van der Waals surface area contributed by atoms with E-state index in [-0.39, 0.29) is 11.6 Å². The second-order valence-electron chi connectivity index (χ2n) is 4.04. The van der Waals surface area contributed by atoms with E-state index in [1.807, 2.05) is 0 Å². The van der Waals surface area contributed by atoms with E-state index in [4.69, 9.17) is 11.6 Å².